The largest absolute Gasteiger partial charge is 0.419 e. The quantitative estimate of drug-likeness (QED) is 0.587. The number of nitrogens with zero attached hydrogens (tertiary/aromatic N) is 1. The fourth-order valence-electron chi connectivity index (χ4n) is 2.52. The van der Waals surface area contributed by atoms with E-state index in [1.165, 1.54) is 24.3 Å². The molecule has 1 aromatic heterocycles. The van der Waals surface area contributed by atoms with Gasteiger partial charge in [-0.15, -0.1) is 0 Å². The zero-order chi connectivity index (χ0) is 19.4. The number of halogens is 1. The lowest BCUT2D eigenvalue weighted by Gasteiger charge is -2.05. The van der Waals surface area contributed by atoms with E-state index in [1.807, 2.05) is 13.8 Å². The van der Waals surface area contributed by atoms with E-state index in [0.29, 0.717) is 12.1 Å². The molecule has 0 unspecified atom stereocenters. The molecule has 0 saturated carbocycles. The molecule has 7 heteroatoms. The third-order valence-electron chi connectivity index (χ3n) is 4.09. The number of aryl methyl sites for hydroxylation is 1. The highest BCUT2D eigenvalue weighted by Gasteiger charge is 2.28. The molecule has 0 spiro atoms. The summed E-state index contributed by atoms with van der Waals surface area (Å²) in [5.41, 5.74) is 1.46. The summed E-state index contributed by atoms with van der Waals surface area (Å²) in [6.07, 6.45) is 1.81. The second-order valence-electron chi connectivity index (χ2n) is 6.26. The Hall–Kier alpha value is -2.67. The molecule has 3 rings (SSSR count). The first-order valence-corrected chi connectivity index (χ1v) is 10.2. The van der Waals surface area contributed by atoms with Gasteiger partial charge in [0.05, 0.1) is 4.90 Å². The zero-order valence-electron chi connectivity index (χ0n) is 15.2. The Labute approximate surface area is 158 Å². The number of sulfone groups is 1. The molecular formula is C20H21FN2O3S. The van der Waals surface area contributed by atoms with Crippen molar-refractivity contribution in [3.8, 4) is 11.5 Å². The molecule has 1 heterocycles. The van der Waals surface area contributed by atoms with E-state index in [0.717, 1.165) is 18.4 Å². The van der Waals surface area contributed by atoms with Crippen LogP contribution in [0.15, 0.2) is 62.9 Å². The molecule has 0 radical (unpaired) electrons. The first-order chi connectivity index (χ1) is 12.9. The highest BCUT2D eigenvalue weighted by molar-refractivity contribution is 7.91. The first-order valence-electron chi connectivity index (χ1n) is 8.74. The second-order valence-corrected chi connectivity index (χ2v) is 8.12. The summed E-state index contributed by atoms with van der Waals surface area (Å²) in [7, 11) is -3.86. The molecule has 0 aliphatic rings. The standard InChI is InChI=1S/C20H21FN2O3S/c1-3-4-13-22-19-20(27(24,25)17-11-5-14(2)6-12-17)23-18(26-19)15-7-9-16(21)10-8-15/h5-12,22H,3-4,13H2,1-2H3. The van der Waals surface area contributed by atoms with Crippen molar-refractivity contribution < 1.29 is 17.2 Å². The average molecular weight is 388 g/mol. The van der Waals surface area contributed by atoms with Crippen molar-refractivity contribution in [2.75, 3.05) is 11.9 Å². The fraction of sp³-hybridized carbons (Fsp3) is 0.250. The van der Waals surface area contributed by atoms with Crippen molar-refractivity contribution in [2.45, 2.75) is 36.6 Å². The van der Waals surface area contributed by atoms with Crippen molar-refractivity contribution in [3.05, 3.63) is 59.9 Å². The molecule has 0 bridgehead atoms. The number of rotatable bonds is 7. The van der Waals surface area contributed by atoms with Crippen LogP contribution in [0.5, 0.6) is 0 Å². The van der Waals surface area contributed by atoms with Crippen LogP contribution in [0.3, 0.4) is 0 Å². The van der Waals surface area contributed by atoms with E-state index in [-0.39, 0.29) is 27.5 Å². The molecule has 0 saturated heterocycles. The van der Waals surface area contributed by atoms with Crippen molar-refractivity contribution in [2.24, 2.45) is 0 Å². The van der Waals surface area contributed by atoms with Crippen LogP contribution in [0, 0.1) is 12.7 Å². The first kappa shape index (κ1) is 19.1. The van der Waals surface area contributed by atoms with E-state index in [9.17, 15) is 12.8 Å². The van der Waals surface area contributed by atoms with Gasteiger partial charge in [-0.3, -0.25) is 0 Å². The van der Waals surface area contributed by atoms with Gasteiger partial charge in [0.25, 0.3) is 0 Å². The Morgan fingerprint density at radius 2 is 1.74 bits per heavy atom. The van der Waals surface area contributed by atoms with Crippen LogP contribution in [-0.2, 0) is 9.84 Å². The van der Waals surface area contributed by atoms with Gasteiger partial charge in [-0.2, -0.15) is 4.98 Å². The molecule has 0 atom stereocenters. The maximum Gasteiger partial charge on any atom is 0.233 e. The predicted molar refractivity (Wildman–Crippen MR) is 102 cm³/mol. The van der Waals surface area contributed by atoms with Crippen molar-refractivity contribution >= 4 is 15.7 Å². The Bertz CT molecular complexity index is 1010. The van der Waals surface area contributed by atoms with Gasteiger partial charge in [-0.25, -0.2) is 12.8 Å². The maximum absolute atomic E-state index is 13.2. The van der Waals surface area contributed by atoms with Gasteiger partial charge in [-0.1, -0.05) is 31.0 Å². The molecule has 142 valence electrons. The Morgan fingerprint density at radius 1 is 1.07 bits per heavy atom. The van der Waals surface area contributed by atoms with Crippen LogP contribution in [0.4, 0.5) is 10.3 Å². The third-order valence-corrected chi connectivity index (χ3v) is 5.77. The SMILES string of the molecule is CCCCNc1oc(-c2ccc(F)cc2)nc1S(=O)(=O)c1ccc(C)cc1. The third kappa shape index (κ3) is 4.19. The van der Waals surface area contributed by atoms with Gasteiger partial charge in [0.15, 0.2) is 0 Å². The molecule has 2 aromatic carbocycles. The lowest BCUT2D eigenvalue weighted by molar-refractivity contribution is 0.575. The number of benzene rings is 2. The van der Waals surface area contributed by atoms with Crippen LogP contribution in [-0.4, -0.2) is 19.9 Å². The molecule has 0 aliphatic heterocycles. The number of aromatic nitrogens is 1. The summed E-state index contributed by atoms with van der Waals surface area (Å²) in [6.45, 7) is 4.48. The predicted octanol–water partition coefficient (Wildman–Crippen LogP) is 4.83. The Morgan fingerprint density at radius 3 is 2.37 bits per heavy atom. The van der Waals surface area contributed by atoms with Crippen molar-refractivity contribution in [1.82, 2.24) is 4.98 Å². The van der Waals surface area contributed by atoms with Gasteiger partial charge < -0.3 is 9.73 Å². The molecule has 0 amide bonds. The normalized spacial score (nSPS) is 11.5. The summed E-state index contributed by atoms with van der Waals surface area (Å²) in [6, 6.07) is 12.1. The van der Waals surface area contributed by atoms with Crippen molar-refractivity contribution in [1.29, 1.82) is 0 Å². The number of anilines is 1. The second kappa shape index (κ2) is 7.92. The van der Waals surface area contributed by atoms with Gasteiger partial charge in [0.2, 0.25) is 26.6 Å². The minimum atomic E-state index is -3.86. The molecule has 0 aliphatic carbocycles. The summed E-state index contributed by atoms with van der Waals surface area (Å²) in [5, 5.41) is 2.86. The van der Waals surface area contributed by atoms with E-state index < -0.39 is 9.84 Å². The molecule has 5 nitrogen and oxygen atoms in total. The fourth-order valence-corrected chi connectivity index (χ4v) is 3.80. The van der Waals surface area contributed by atoms with E-state index in [1.54, 1.807) is 24.3 Å². The number of hydrogen-bond donors (Lipinski definition) is 1. The Kier molecular flexibility index (Phi) is 5.60. The van der Waals surface area contributed by atoms with Gasteiger partial charge in [0.1, 0.15) is 5.82 Å². The number of unbranched alkanes of at least 4 members (excludes halogenated alkanes) is 1. The van der Waals surface area contributed by atoms with Gasteiger partial charge in [-0.05, 0) is 49.7 Å². The van der Waals surface area contributed by atoms with Crippen LogP contribution >= 0.6 is 0 Å². The molecule has 0 fully saturated rings. The topological polar surface area (TPSA) is 72.2 Å². The van der Waals surface area contributed by atoms with Crippen LogP contribution < -0.4 is 5.32 Å². The summed E-state index contributed by atoms with van der Waals surface area (Å²) in [4.78, 5) is 4.36. The smallest absolute Gasteiger partial charge is 0.233 e. The van der Waals surface area contributed by atoms with Crippen LogP contribution in [0.2, 0.25) is 0 Å². The Balaban J connectivity index is 2.06. The minimum absolute atomic E-state index is 0.100. The number of oxazole rings is 1. The van der Waals surface area contributed by atoms with Crippen LogP contribution in [0.1, 0.15) is 25.3 Å². The molecule has 27 heavy (non-hydrogen) atoms. The van der Waals surface area contributed by atoms with Crippen LogP contribution in [0.25, 0.3) is 11.5 Å². The van der Waals surface area contributed by atoms with Crippen molar-refractivity contribution in [3.63, 3.8) is 0 Å². The number of hydrogen-bond acceptors (Lipinski definition) is 5. The molecule has 3 aromatic rings. The van der Waals surface area contributed by atoms with E-state index in [4.69, 9.17) is 4.42 Å². The summed E-state index contributed by atoms with van der Waals surface area (Å²) >= 11 is 0. The van der Waals surface area contributed by atoms with Gasteiger partial charge >= 0.3 is 0 Å². The average Bonchev–Trinajstić information content (AvgIpc) is 3.08. The lowest BCUT2D eigenvalue weighted by Crippen LogP contribution is -2.08. The highest BCUT2D eigenvalue weighted by atomic mass is 32.2. The van der Waals surface area contributed by atoms with E-state index in [2.05, 4.69) is 10.3 Å². The lowest BCUT2D eigenvalue weighted by atomic mass is 10.2. The zero-order valence-corrected chi connectivity index (χ0v) is 16.0. The van der Waals surface area contributed by atoms with E-state index >= 15 is 0 Å². The molecule has 1 N–H and O–H groups in total. The monoisotopic (exact) mass is 388 g/mol. The maximum atomic E-state index is 13.2. The number of nitrogens with one attached hydrogen (secondary N) is 1. The summed E-state index contributed by atoms with van der Waals surface area (Å²) < 4.78 is 45.0. The van der Waals surface area contributed by atoms with Gasteiger partial charge in [0, 0.05) is 12.1 Å². The summed E-state index contributed by atoms with van der Waals surface area (Å²) in [5.74, 6) is -0.165. The highest BCUT2D eigenvalue weighted by Crippen LogP contribution is 2.32. The molecular weight excluding hydrogens is 367 g/mol. The minimum Gasteiger partial charge on any atom is -0.419 e.